The molecule has 2 aromatic rings. The zero-order valence-corrected chi connectivity index (χ0v) is 10.6. The van der Waals surface area contributed by atoms with Crippen molar-refractivity contribution in [1.29, 1.82) is 5.26 Å². The second-order valence-electron chi connectivity index (χ2n) is 3.31. The Morgan fingerprint density at radius 3 is 2.94 bits per heavy atom. The smallest absolute Gasteiger partial charge is 0.170 e. The van der Waals surface area contributed by atoms with E-state index in [4.69, 9.17) is 5.26 Å². The van der Waals surface area contributed by atoms with Crippen LogP contribution in [-0.2, 0) is 5.75 Å². The monoisotopic (exact) mass is 265 g/mol. The van der Waals surface area contributed by atoms with E-state index in [1.165, 1.54) is 29.4 Å². The van der Waals surface area contributed by atoms with Crippen molar-refractivity contribution in [2.75, 3.05) is 0 Å². The molecule has 86 valence electrons. The molecular formula is C11H8FN3S2. The van der Waals surface area contributed by atoms with Crippen LogP contribution in [0.1, 0.15) is 17.0 Å². The summed E-state index contributed by atoms with van der Waals surface area (Å²) in [5.41, 5.74) is 0.907. The number of thioether (sulfide) groups is 1. The van der Waals surface area contributed by atoms with E-state index >= 15 is 0 Å². The summed E-state index contributed by atoms with van der Waals surface area (Å²) >= 11 is 2.75. The molecule has 0 fully saturated rings. The van der Waals surface area contributed by atoms with Crippen LogP contribution in [0, 0.1) is 24.1 Å². The maximum atomic E-state index is 13.5. The fourth-order valence-electron chi connectivity index (χ4n) is 1.21. The summed E-state index contributed by atoms with van der Waals surface area (Å²) in [7, 11) is 0. The van der Waals surface area contributed by atoms with Gasteiger partial charge in [-0.3, -0.25) is 0 Å². The summed E-state index contributed by atoms with van der Waals surface area (Å²) in [5, 5.41) is 8.63. The van der Waals surface area contributed by atoms with Crippen molar-refractivity contribution in [3.63, 3.8) is 0 Å². The lowest BCUT2D eigenvalue weighted by molar-refractivity contribution is 0.617. The maximum Gasteiger partial charge on any atom is 0.170 e. The maximum absolute atomic E-state index is 13.5. The molecule has 0 aliphatic carbocycles. The first kappa shape index (κ1) is 12.0. The largest absolute Gasteiger partial charge is 0.213 e. The van der Waals surface area contributed by atoms with E-state index < -0.39 is 0 Å². The molecule has 0 aliphatic rings. The van der Waals surface area contributed by atoms with Crippen molar-refractivity contribution in [2.45, 2.75) is 17.0 Å². The van der Waals surface area contributed by atoms with Crippen LogP contribution < -0.4 is 0 Å². The van der Waals surface area contributed by atoms with Gasteiger partial charge in [-0.1, -0.05) is 17.8 Å². The Labute approximate surface area is 106 Å². The second-order valence-corrected chi connectivity index (χ2v) is 5.29. The van der Waals surface area contributed by atoms with Gasteiger partial charge in [-0.2, -0.15) is 9.64 Å². The average molecular weight is 265 g/mol. The van der Waals surface area contributed by atoms with Gasteiger partial charge in [-0.25, -0.2) is 9.37 Å². The van der Waals surface area contributed by atoms with Gasteiger partial charge < -0.3 is 0 Å². The van der Waals surface area contributed by atoms with Crippen LogP contribution >= 0.6 is 23.3 Å². The third-order valence-electron chi connectivity index (χ3n) is 2.04. The predicted octanol–water partition coefficient (Wildman–Crippen LogP) is 3.15. The Kier molecular flexibility index (Phi) is 3.71. The minimum absolute atomic E-state index is 0.336. The molecule has 3 nitrogen and oxygen atoms in total. The van der Waals surface area contributed by atoms with Crippen LogP contribution in [0.3, 0.4) is 0 Å². The number of aryl methyl sites for hydroxylation is 1. The normalized spacial score (nSPS) is 10.2. The quantitative estimate of drug-likeness (QED) is 0.800. The first-order valence-electron chi connectivity index (χ1n) is 4.80. The molecule has 0 saturated heterocycles. The number of aromatic nitrogens is 2. The average Bonchev–Trinajstić information content (AvgIpc) is 2.73. The summed E-state index contributed by atoms with van der Waals surface area (Å²) in [4.78, 5) is 4.18. The van der Waals surface area contributed by atoms with Gasteiger partial charge in [-0.05, 0) is 36.2 Å². The van der Waals surface area contributed by atoms with Crippen molar-refractivity contribution >= 4 is 23.3 Å². The third-order valence-corrected chi connectivity index (χ3v) is 4.02. The number of hydrogen-bond donors (Lipinski definition) is 0. The number of hydrogen-bond acceptors (Lipinski definition) is 5. The van der Waals surface area contributed by atoms with Crippen LogP contribution in [0.5, 0.6) is 0 Å². The van der Waals surface area contributed by atoms with E-state index in [9.17, 15) is 4.39 Å². The number of benzene rings is 1. The second kappa shape index (κ2) is 5.25. The lowest BCUT2D eigenvalue weighted by atomic mass is 10.1. The van der Waals surface area contributed by atoms with Gasteiger partial charge in [-0.15, -0.1) is 0 Å². The van der Waals surface area contributed by atoms with Crippen LogP contribution in [0.25, 0.3) is 0 Å². The number of nitrogens with zero attached hydrogens (tertiary/aromatic N) is 3. The van der Waals surface area contributed by atoms with Crippen molar-refractivity contribution in [3.05, 3.63) is 41.0 Å². The Bertz CT molecular complexity index is 574. The van der Waals surface area contributed by atoms with E-state index in [1.54, 1.807) is 12.1 Å². The SMILES string of the molecule is Cc1nsc(SCc2ccc(C#N)cc2F)n1. The lowest BCUT2D eigenvalue weighted by Gasteiger charge is -2.01. The third kappa shape index (κ3) is 3.02. The number of halogens is 1. The standard InChI is InChI=1S/C11H8FN3S2/c1-7-14-11(17-15-7)16-6-9-3-2-8(5-13)4-10(9)12/h2-4H,6H2,1H3. The molecule has 0 saturated carbocycles. The van der Waals surface area contributed by atoms with Crippen molar-refractivity contribution in [1.82, 2.24) is 9.36 Å². The topological polar surface area (TPSA) is 49.6 Å². The molecule has 0 amide bonds. The first-order valence-corrected chi connectivity index (χ1v) is 6.56. The molecule has 1 aromatic carbocycles. The molecule has 0 N–H and O–H groups in total. The van der Waals surface area contributed by atoms with Gasteiger partial charge in [0.05, 0.1) is 11.6 Å². The summed E-state index contributed by atoms with van der Waals surface area (Å²) < 4.78 is 18.4. The molecule has 1 heterocycles. The Hall–Kier alpha value is -1.45. The number of nitriles is 1. The molecule has 0 radical (unpaired) electrons. The first-order chi connectivity index (χ1) is 8.19. The molecule has 0 aliphatic heterocycles. The highest BCUT2D eigenvalue weighted by Gasteiger charge is 2.06. The zero-order valence-electron chi connectivity index (χ0n) is 8.98. The molecule has 0 unspecified atom stereocenters. The highest BCUT2D eigenvalue weighted by molar-refractivity contribution is 8.00. The molecular weight excluding hydrogens is 257 g/mol. The highest BCUT2D eigenvalue weighted by Crippen LogP contribution is 2.25. The van der Waals surface area contributed by atoms with Gasteiger partial charge in [0.1, 0.15) is 11.6 Å². The Balaban J connectivity index is 2.07. The van der Waals surface area contributed by atoms with E-state index in [0.717, 1.165) is 10.2 Å². The summed E-state index contributed by atoms with van der Waals surface area (Å²) in [6, 6.07) is 6.41. The van der Waals surface area contributed by atoms with Gasteiger partial charge in [0, 0.05) is 5.75 Å². The van der Waals surface area contributed by atoms with Crippen molar-refractivity contribution in [3.8, 4) is 6.07 Å². The fraction of sp³-hybridized carbons (Fsp3) is 0.182. The molecule has 1 aromatic heterocycles. The Morgan fingerprint density at radius 2 is 2.35 bits per heavy atom. The Morgan fingerprint density at radius 1 is 1.53 bits per heavy atom. The zero-order chi connectivity index (χ0) is 12.3. The van der Waals surface area contributed by atoms with Crippen LogP contribution in [0.2, 0.25) is 0 Å². The summed E-state index contributed by atoms with van der Waals surface area (Å²) in [5.74, 6) is 0.877. The van der Waals surface area contributed by atoms with Gasteiger partial charge in [0.25, 0.3) is 0 Å². The van der Waals surface area contributed by atoms with Crippen LogP contribution in [0.15, 0.2) is 22.5 Å². The molecule has 17 heavy (non-hydrogen) atoms. The van der Waals surface area contributed by atoms with E-state index in [-0.39, 0.29) is 5.82 Å². The molecule has 0 bridgehead atoms. The van der Waals surface area contributed by atoms with Crippen LogP contribution in [0.4, 0.5) is 4.39 Å². The molecule has 2 rings (SSSR count). The van der Waals surface area contributed by atoms with E-state index in [2.05, 4.69) is 9.36 Å². The van der Waals surface area contributed by atoms with Gasteiger partial charge >= 0.3 is 0 Å². The molecule has 0 spiro atoms. The minimum atomic E-state index is -0.349. The number of rotatable bonds is 3. The molecule has 0 atom stereocenters. The van der Waals surface area contributed by atoms with Crippen LogP contribution in [-0.4, -0.2) is 9.36 Å². The molecule has 6 heteroatoms. The predicted molar refractivity (Wildman–Crippen MR) is 65.3 cm³/mol. The summed E-state index contributed by atoms with van der Waals surface area (Å²) in [6.07, 6.45) is 0. The van der Waals surface area contributed by atoms with Gasteiger partial charge in [0.2, 0.25) is 0 Å². The fourth-order valence-corrected chi connectivity index (χ4v) is 2.84. The van der Waals surface area contributed by atoms with Crippen molar-refractivity contribution < 1.29 is 4.39 Å². The lowest BCUT2D eigenvalue weighted by Crippen LogP contribution is -1.89. The minimum Gasteiger partial charge on any atom is -0.213 e. The van der Waals surface area contributed by atoms with E-state index in [0.29, 0.717) is 16.9 Å². The van der Waals surface area contributed by atoms with Gasteiger partial charge in [0.15, 0.2) is 4.34 Å². The summed E-state index contributed by atoms with van der Waals surface area (Å²) in [6.45, 7) is 1.82. The highest BCUT2D eigenvalue weighted by atomic mass is 32.2. The van der Waals surface area contributed by atoms with Crippen molar-refractivity contribution in [2.24, 2.45) is 0 Å². The van der Waals surface area contributed by atoms with E-state index in [1.807, 2.05) is 13.0 Å².